The van der Waals surface area contributed by atoms with Crippen molar-refractivity contribution in [2.24, 2.45) is 0 Å². The van der Waals surface area contributed by atoms with Gasteiger partial charge in [0.1, 0.15) is 11.8 Å². The van der Waals surface area contributed by atoms with Gasteiger partial charge in [0, 0.05) is 23.8 Å². The van der Waals surface area contributed by atoms with Gasteiger partial charge in [-0.1, -0.05) is 11.6 Å². The Labute approximate surface area is 151 Å². The molecule has 2 rings (SSSR count). The molecule has 0 aliphatic heterocycles. The Bertz CT molecular complexity index is 719. The van der Waals surface area contributed by atoms with Crippen LogP contribution in [0.1, 0.15) is 31.4 Å². The first-order chi connectivity index (χ1) is 12.0. The lowest BCUT2D eigenvalue weighted by Crippen LogP contribution is -2.44. The monoisotopic (exact) mass is 364 g/mol. The minimum Gasteiger partial charge on any atom is -0.493 e. The van der Waals surface area contributed by atoms with Gasteiger partial charge in [-0.2, -0.15) is 0 Å². The molecule has 2 N–H and O–H groups in total. The van der Waals surface area contributed by atoms with Crippen molar-refractivity contribution in [1.29, 1.82) is 0 Å². The molecule has 0 saturated carbocycles. The maximum atomic E-state index is 11.9. The molecule has 0 radical (unpaired) electrons. The molecule has 1 aromatic carbocycles. The molecule has 0 saturated heterocycles. The zero-order chi connectivity index (χ0) is 18.2. The fourth-order valence-corrected chi connectivity index (χ4v) is 2.35. The summed E-state index contributed by atoms with van der Waals surface area (Å²) >= 11 is 5.89. The van der Waals surface area contributed by atoms with E-state index in [9.17, 15) is 9.59 Å². The number of benzene rings is 1. The van der Waals surface area contributed by atoms with Gasteiger partial charge >= 0.3 is 0 Å². The first-order valence-electron chi connectivity index (χ1n) is 7.92. The second kappa shape index (κ2) is 9.08. The Morgan fingerprint density at radius 3 is 2.84 bits per heavy atom. The Morgan fingerprint density at radius 2 is 2.16 bits per heavy atom. The summed E-state index contributed by atoms with van der Waals surface area (Å²) in [5, 5.41) is 0.657. The van der Waals surface area contributed by atoms with Gasteiger partial charge in [-0.3, -0.25) is 20.4 Å². The number of aromatic nitrogens is 2. The summed E-state index contributed by atoms with van der Waals surface area (Å²) in [5.41, 5.74) is 5.74. The number of hydrogen-bond acceptors (Lipinski definition) is 4. The molecule has 0 aliphatic carbocycles. The van der Waals surface area contributed by atoms with Crippen LogP contribution in [0.4, 0.5) is 0 Å². The number of nitrogens with one attached hydrogen (secondary N) is 2. The molecule has 25 heavy (non-hydrogen) atoms. The van der Waals surface area contributed by atoms with Crippen molar-refractivity contribution in [2.45, 2.75) is 32.7 Å². The van der Waals surface area contributed by atoms with Crippen LogP contribution in [0.3, 0.4) is 0 Å². The van der Waals surface area contributed by atoms with Crippen LogP contribution in [-0.2, 0) is 9.59 Å². The number of ether oxygens (including phenoxy) is 1. The van der Waals surface area contributed by atoms with Crippen LogP contribution in [0.5, 0.6) is 5.75 Å². The largest absolute Gasteiger partial charge is 0.493 e. The minimum absolute atomic E-state index is 0.242. The minimum atomic E-state index is -0.459. The fraction of sp³-hybridized carbons (Fsp3) is 0.353. The van der Waals surface area contributed by atoms with Gasteiger partial charge in [0.2, 0.25) is 5.91 Å². The van der Waals surface area contributed by atoms with E-state index in [0.29, 0.717) is 18.1 Å². The van der Waals surface area contributed by atoms with E-state index in [1.807, 2.05) is 13.0 Å². The molecule has 134 valence electrons. The van der Waals surface area contributed by atoms with Crippen LogP contribution in [0.2, 0.25) is 5.02 Å². The molecule has 1 heterocycles. The number of carbonyl (C=O) groups is 2. The highest BCUT2D eigenvalue weighted by molar-refractivity contribution is 6.30. The van der Waals surface area contributed by atoms with Crippen LogP contribution < -0.4 is 15.6 Å². The van der Waals surface area contributed by atoms with Gasteiger partial charge in [-0.15, -0.1) is 0 Å². The molecule has 0 spiro atoms. The number of carbonyl (C=O) groups excluding carboxylic acids is 2. The Balaban J connectivity index is 1.64. The summed E-state index contributed by atoms with van der Waals surface area (Å²) < 4.78 is 7.26. The second-order valence-corrected chi connectivity index (χ2v) is 6.02. The molecule has 7 nitrogen and oxygen atoms in total. The van der Waals surface area contributed by atoms with Crippen LogP contribution in [0.15, 0.2) is 36.9 Å². The summed E-state index contributed by atoms with van der Waals surface area (Å²) in [6, 6.07) is 4.92. The number of imidazole rings is 1. The van der Waals surface area contributed by atoms with E-state index in [0.717, 1.165) is 11.3 Å². The molecule has 2 aromatic rings. The molecule has 0 bridgehead atoms. The first-order valence-corrected chi connectivity index (χ1v) is 8.30. The van der Waals surface area contributed by atoms with Crippen LogP contribution in [0, 0.1) is 6.92 Å². The lowest BCUT2D eigenvalue weighted by molar-refractivity contribution is -0.130. The Kier molecular flexibility index (Phi) is 6.82. The van der Waals surface area contributed by atoms with Crippen molar-refractivity contribution in [3.63, 3.8) is 0 Å². The number of hydrogen-bond donors (Lipinski definition) is 2. The summed E-state index contributed by atoms with van der Waals surface area (Å²) in [6.07, 6.45) is 5.59. The van der Waals surface area contributed by atoms with Crippen molar-refractivity contribution >= 4 is 23.4 Å². The lowest BCUT2D eigenvalue weighted by atomic mass is 10.2. The Morgan fingerprint density at radius 1 is 1.36 bits per heavy atom. The lowest BCUT2D eigenvalue weighted by Gasteiger charge is -2.14. The average Bonchev–Trinajstić information content (AvgIpc) is 3.12. The third-order valence-electron chi connectivity index (χ3n) is 3.62. The van der Waals surface area contributed by atoms with Gasteiger partial charge in [-0.05, 0) is 44.0 Å². The molecule has 1 unspecified atom stereocenters. The highest BCUT2D eigenvalue weighted by Gasteiger charge is 2.14. The number of amides is 2. The SMILES string of the molecule is Cc1cc(Cl)ccc1OCCCC(=O)NNC(=O)C(C)n1ccnc1. The topological polar surface area (TPSA) is 85.3 Å². The van der Waals surface area contributed by atoms with E-state index in [1.54, 1.807) is 42.3 Å². The maximum absolute atomic E-state index is 11.9. The zero-order valence-corrected chi connectivity index (χ0v) is 14.9. The summed E-state index contributed by atoms with van der Waals surface area (Å²) in [6.45, 7) is 4.02. The molecule has 2 amide bonds. The van der Waals surface area contributed by atoms with Gasteiger partial charge in [0.15, 0.2) is 0 Å². The molecule has 8 heteroatoms. The predicted octanol–water partition coefficient (Wildman–Crippen LogP) is 2.41. The Hall–Kier alpha value is -2.54. The predicted molar refractivity (Wildman–Crippen MR) is 94.1 cm³/mol. The van der Waals surface area contributed by atoms with Crippen molar-refractivity contribution in [3.05, 3.63) is 47.5 Å². The summed E-state index contributed by atoms with van der Waals surface area (Å²) in [4.78, 5) is 27.6. The van der Waals surface area contributed by atoms with Gasteiger partial charge in [-0.25, -0.2) is 4.98 Å². The van der Waals surface area contributed by atoms with E-state index >= 15 is 0 Å². The highest BCUT2D eigenvalue weighted by Crippen LogP contribution is 2.21. The van der Waals surface area contributed by atoms with Gasteiger partial charge < -0.3 is 9.30 Å². The molecule has 1 aromatic heterocycles. The number of hydrazine groups is 1. The van der Waals surface area contributed by atoms with Crippen molar-refractivity contribution in [3.8, 4) is 5.75 Å². The molecule has 0 fully saturated rings. The zero-order valence-electron chi connectivity index (χ0n) is 14.2. The number of nitrogens with zero attached hydrogens (tertiary/aromatic N) is 2. The van der Waals surface area contributed by atoms with E-state index in [1.165, 1.54) is 0 Å². The molecular weight excluding hydrogens is 344 g/mol. The van der Waals surface area contributed by atoms with Gasteiger partial charge in [0.25, 0.3) is 5.91 Å². The third-order valence-corrected chi connectivity index (χ3v) is 3.85. The van der Waals surface area contributed by atoms with Crippen molar-refractivity contribution in [2.75, 3.05) is 6.61 Å². The molecule has 1 atom stereocenters. The van der Waals surface area contributed by atoms with Gasteiger partial charge in [0.05, 0.1) is 12.9 Å². The van der Waals surface area contributed by atoms with E-state index in [2.05, 4.69) is 15.8 Å². The van der Waals surface area contributed by atoms with Crippen LogP contribution >= 0.6 is 11.6 Å². The summed E-state index contributed by atoms with van der Waals surface area (Å²) in [7, 11) is 0. The smallest absolute Gasteiger partial charge is 0.261 e. The molecule has 0 aliphatic rings. The number of aryl methyl sites for hydroxylation is 1. The second-order valence-electron chi connectivity index (χ2n) is 5.59. The quantitative estimate of drug-likeness (QED) is 0.583. The van der Waals surface area contributed by atoms with E-state index in [-0.39, 0.29) is 18.2 Å². The highest BCUT2D eigenvalue weighted by atomic mass is 35.5. The number of rotatable bonds is 7. The van der Waals surface area contributed by atoms with Crippen LogP contribution in [-0.4, -0.2) is 28.0 Å². The maximum Gasteiger partial charge on any atom is 0.261 e. The standard InChI is InChI=1S/C17H21ClN4O3/c1-12-10-14(18)5-6-15(12)25-9-3-4-16(23)20-21-17(24)13(2)22-8-7-19-11-22/h5-8,10-11,13H,3-4,9H2,1-2H3,(H,20,23)(H,21,24). The van der Waals surface area contributed by atoms with Crippen LogP contribution in [0.25, 0.3) is 0 Å². The average molecular weight is 365 g/mol. The van der Waals surface area contributed by atoms with Crippen molar-refractivity contribution < 1.29 is 14.3 Å². The fourth-order valence-electron chi connectivity index (χ4n) is 2.12. The normalized spacial score (nSPS) is 11.6. The first kappa shape index (κ1) is 18.8. The third kappa shape index (κ3) is 5.79. The molecular formula is C17H21ClN4O3. The summed E-state index contributed by atoms with van der Waals surface area (Å²) in [5.74, 6) is 0.147. The van der Waals surface area contributed by atoms with E-state index in [4.69, 9.17) is 16.3 Å². The van der Waals surface area contributed by atoms with Crippen molar-refractivity contribution in [1.82, 2.24) is 20.4 Å². The van der Waals surface area contributed by atoms with E-state index < -0.39 is 6.04 Å². The number of halogens is 1.